The van der Waals surface area contributed by atoms with Crippen LogP contribution in [0.15, 0.2) is 5.10 Å². The summed E-state index contributed by atoms with van der Waals surface area (Å²) in [5.41, 5.74) is -0.354. The maximum absolute atomic E-state index is 13.5. The molecule has 0 aromatic rings. The van der Waals surface area contributed by atoms with Crippen molar-refractivity contribution in [3.05, 3.63) is 0 Å². The zero-order valence-electron chi connectivity index (χ0n) is 16.6. The van der Waals surface area contributed by atoms with E-state index >= 15 is 0 Å². The Bertz CT molecular complexity index is 621. The van der Waals surface area contributed by atoms with Crippen LogP contribution in [-0.2, 0) is 0 Å². The third-order valence-electron chi connectivity index (χ3n) is 8.91. The van der Waals surface area contributed by atoms with Crippen LogP contribution < -0.4 is 5.43 Å². The fourth-order valence-electron chi connectivity index (χ4n) is 7.47. The van der Waals surface area contributed by atoms with Crippen molar-refractivity contribution in [3.8, 4) is 0 Å². The highest BCUT2D eigenvalue weighted by molar-refractivity contribution is 5.94. The zero-order chi connectivity index (χ0) is 19.6. The molecule has 3 aliphatic carbocycles. The lowest BCUT2D eigenvalue weighted by Gasteiger charge is -2.53. The van der Waals surface area contributed by atoms with Gasteiger partial charge < -0.3 is 5.11 Å². The first-order valence-electron chi connectivity index (χ1n) is 10.8. The fourth-order valence-corrected chi connectivity index (χ4v) is 7.47. The Morgan fingerprint density at radius 1 is 1.19 bits per heavy atom. The Morgan fingerprint density at radius 2 is 1.89 bits per heavy atom. The molecule has 0 amide bonds. The molecule has 0 bridgehead atoms. The van der Waals surface area contributed by atoms with Gasteiger partial charge in [-0.1, -0.05) is 46.5 Å². The summed E-state index contributed by atoms with van der Waals surface area (Å²) < 4.78 is 40.5. The van der Waals surface area contributed by atoms with Gasteiger partial charge in [0.15, 0.2) is 5.72 Å². The molecule has 7 unspecified atom stereocenters. The van der Waals surface area contributed by atoms with Crippen molar-refractivity contribution in [1.82, 2.24) is 5.43 Å². The van der Waals surface area contributed by atoms with E-state index in [9.17, 15) is 18.3 Å². The standard InChI is InChI=1S/C21H33F3N2O/c1-4-13-15(14-8-6-5-7-12(14)2)9-10-19(3)16(13)11-17-18(21(22,23)24)25-26-20(17,19)27/h12-17,26-27H,4-11H2,1-3H3/t12?,13?,14?,15?,16?,17?,19-,20?/m0/s1. The topological polar surface area (TPSA) is 44.6 Å². The zero-order valence-corrected chi connectivity index (χ0v) is 16.6. The van der Waals surface area contributed by atoms with Gasteiger partial charge >= 0.3 is 6.18 Å². The summed E-state index contributed by atoms with van der Waals surface area (Å²) in [5, 5.41) is 14.9. The second-order valence-electron chi connectivity index (χ2n) is 9.89. The quantitative estimate of drug-likeness (QED) is 0.693. The van der Waals surface area contributed by atoms with Gasteiger partial charge in [-0.15, -0.1) is 0 Å². The first-order valence-corrected chi connectivity index (χ1v) is 10.8. The summed E-state index contributed by atoms with van der Waals surface area (Å²) in [6.45, 7) is 6.54. The number of alkyl halides is 3. The molecule has 3 nitrogen and oxygen atoms in total. The van der Waals surface area contributed by atoms with Gasteiger partial charge in [0.05, 0.1) is 5.92 Å². The van der Waals surface area contributed by atoms with Gasteiger partial charge in [0.1, 0.15) is 5.71 Å². The number of rotatable bonds is 2. The highest BCUT2D eigenvalue weighted by atomic mass is 19.4. The lowest BCUT2D eigenvalue weighted by atomic mass is 9.53. The van der Waals surface area contributed by atoms with Crippen molar-refractivity contribution >= 4 is 5.71 Å². The molecule has 4 aliphatic rings. The summed E-state index contributed by atoms with van der Waals surface area (Å²) in [5.74, 6) is 1.54. The number of nitrogens with one attached hydrogen (secondary N) is 1. The fraction of sp³-hybridized carbons (Fsp3) is 0.952. The van der Waals surface area contributed by atoms with Gasteiger partial charge in [0.25, 0.3) is 0 Å². The van der Waals surface area contributed by atoms with Crippen LogP contribution in [0.4, 0.5) is 13.2 Å². The monoisotopic (exact) mass is 386 g/mol. The van der Waals surface area contributed by atoms with Crippen LogP contribution in [0, 0.1) is 40.9 Å². The summed E-state index contributed by atoms with van der Waals surface area (Å²) in [6, 6.07) is 0. The average molecular weight is 387 g/mol. The van der Waals surface area contributed by atoms with Crippen LogP contribution in [0.1, 0.15) is 72.1 Å². The Hall–Kier alpha value is -0.780. The van der Waals surface area contributed by atoms with Crippen LogP contribution >= 0.6 is 0 Å². The third-order valence-corrected chi connectivity index (χ3v) is 8.91. The number of halogens is 3. The van der Waals surface area contributed by atoms with E-state index < -0.39 is 28.9 Å². The maximum atomic E-state index is 13.5. The van der Waals surface area contributed by atoms with E-state index in [1.54, 1.807) is 0 Å². The number of nitrogens with zero attached hydrogens (tertiary/aromatic N) is 1. The summed E-state index contributed by atoms with van der Waals surface area (Å²) in [4.78, 5) is 0. The lowest BCUT2D eigenvalue weighted by Crippen LogP contribution is -2.58. The molecule has 8 atom stereocenters. The number of aliphatic hydroxyl groups is 1. The smallest absolute Gasteiger partial charge is 0.368 e. The second kappa shape index (κ2) is 6.36. The van der Waals surface area contributed by atoms with Crippen molar-refractivity contribution in [3.63, 3.8) is 0 Å². The van der Waals surface area contributed by atoms with E-state index in [-0.39, 0.29) is 5.92 Å². The minimum Gasteiger partial charge on any atom is -0.368 e. The molecular formula is C21H33F3N2O. The Balaban J connectivity index is 1.65. The predicted molar refractivity (Wildman–Crippen MR) is 98.9 cm³/mol. The highest BCUT2D eigenvalue weighted by Gasteiger charge is 2.71. The number of hydrogen-bond acceptors (Lipinski definition) is 3. The normalized spacial score (nSPS) is 50.0. The average Bonchev–Trinajstić information content (AvgIpc) is 3.05. The Morgan fingerprint density at radius 3 is 2.52 bits per heavy atom. The van der Waals surface area contributed by atoms with Crippen LogP contribution in [0.5, 0.6) is 0 Å². The molecule has 3 fully saturated rings. The number of hydrazone groups is 1. The van der Waals surface area contributed by atoms with Crippen LogP contribution in [0.25, 0.3) is 0 Å². The summed E-state index contributed by atoms with van der Waals surface area (Å²) in [6.07, 6.45) is 3.81. The van der Waals surface area contributed by atoms with Crippen LogP contribution in [0.2, 0.25) is 0 Å². The molecule has 0 saturated heterocycles. The van der Waals surface area contributed by atoms with Gasteiger partial charge in [0.2, 0.25) is 0 Å². The van der Waals surface area contributed by atoms with Crippen LogP contribution in [-0.4, -0.2) is 22.7 Å². The highest BCUT2D eigenvalue weighted by Crippen LogP contribution is 2.65. The van der Waals surface area contributed by atoms with Crippen molar-refractivity contribution in [2.75, 3.05) is 0 Å². The molecular weight excluding hydrogens is 353 g/mol. The van der Waals surface area contributed by atoms with Crippen molar-refractivity contribution in [1.29, 1.82) is 0 Å². The molecule has 1 aliphatic heterocycles. The Kier molecular flexibility index (Phi) is 4.60. The van der Waals surface area contributed by atoms with E-state index in [1.165, 1.54) is 25.7 Å². The van der Waals surface area contributed by atoms with E-state index in [4.69, 9.17) is 0 Å². The molecule has 2 N–H and O–H groups in total. The molecule has 4 rings (SSSR count). The number of hydrogen-bond donors (Lipinski definition) is 2. The molecule has 0 aromatic heterocycles. The molecule has 154 valence electrons. The lowest BCUT2D eigenvalue weighted by molar-refractivity contribution is -0.141. The first-order chi connectivity index (χ1) is 12.6. The van der Waals surface area contributed by atoms with Gasteiger partial charge in [-0.2, -0.15) is 18.3 Å². The second-order valence-corrected chi connectivity index (χ2v) is 9.89. The molecule has 6 heteroatoms. The van der Waals surface area contributed by atoms with Gasteiger partial charge in [0, 0.05) is 5.41 Å². The molecule has 1 heterocycles. The first kappa shape index (κ1) is 19.5. The molecule has 3 saturated carbocycles. The van der Waals surface area contributed by atoms with Gasteiger partial charge in [-0.05, 0) is 55.3 Å². The van der Waals surface area contributed by atoms with Crippen molar-refractivity contribution in [2.24, 2.45) is 46.0 Å². The van der Waals surface area contributed by atoms with Crippen LogP contribution in [0.3, 0.4) is 0 Å². The minimum atomic E-state index is -4.48. The van der Waals surface area contributed by atoms with E-state index in [0.717, 1.165) is 19.3 Å². The molecule has 27 heavy (non-hydrogen) atoms. The predicted octanol–water partition coefficient (Wildman–Crippen LogP) is 5.10. The third kappa shape index (κ3) is 2.68. The van der Waals surface area contributed by atoms with Crippen molar-refractivity contribution < 1.29 is 18.3 Å². The van der Waals surface area contributed by atoms with E-state index in [0.29, 0.717) is 30.1 Å². The van der Waals surface area contributed by atoms with Gasteiger partial charge in [-0.3, -0.25) is 5.43 Å². The number of fused-ring (bicyclic) bond motifs is 3. The Labute approximate surface area is 160 Å². The molecule has 0 aromatic carbocycles. The van der Waals surface area contributed by atoms with E-state index in [2.05, 4.69) is 24.4 Å². The van der Waals surface area contributed by atoms with Gasteiger partial charge in [-0.25, -0.2) is 0 Å². The van der Waals surface area contributed by atoms with E-state index in [1.807, 2.05) is 6.92 Å². The summed E-state index contributed by atoms with van der Waals surface area (Å²) >= 11 is 0. The largest absolute Gasteiger partial charge is 0.431 e. The summed E-state index contributed by atoms with van der Waals surface area (Å²) in [7, 11) is 0. The van der Waals surface area contributed by atoms with Crippen molar-refractivity contribution in [2.45, 2.75) is 84.0 Å². The minimum absolute atomic E-state index is 0.116. The molecule has 0 radical (unpaired) electrons. The maximum Gasteiger partial charge on any atom is 0.431 e. The SMILES string of the molecule is CCC1C(C2CCCCC2C)CC[C@@]2(C)C1CC1C(C(F)(F)F)=NNC12O. The molecule has 0 spiro atoms.